The third kappa shape index (κ3) is 4.73. The van der Waals surface area contributed by atoms with Gasteiger partial charge >= 0.3 is 5.97 Å². The Bertz CT molecular complexity index is 748. The Morgan fingerprint density at radius 2 is 2.09 bits per heavy atom. The molecule has 3 fully saturated rings. The Morgan fingerprint density at radius 3 is 2.73 bits per heavy atom. The van der Waals surface area contributed by atoms with Crippen molar-refractivity contribution in [3.63, 3.8) is 0 Å². The molecule has 1 unspecified atom stereocenters. The molecule has 6 atom stereocenters. The topological polar surface area (TPSA) is 96.4 Å². The van der Waals surface area contributed by atoms with Crippen LogP contribution < -0.4 is 0 Å². The molecule has 0 radical (unpaired) electrons. The zero-order valence-corrected chi connectivity index (χ0v) is 21.3. The molecule has 0 aliphatic carbocycles. The van der Waals surface area contributed by atoms with Crippen molar-refractivity contribution in [2.75, 3.05) is 32.8 Å². The summed E-state index contributed by atoms with van der Waals surface area (Å²) in [7, 11) is 0. The average Bonchev–Trinajstić information content (AvgIpc) is 3.37. The van der Waals surface area contributed by atoms with Crippen LogP contribution in [0, 0.1) is 11.8 Å². The number of halogens is 1. The highest BCUT2D eigenvalue weighted by molar-refractivity contribution is 9.09. The van der Waals surface area contributed by atoms with E-state index in [2.05, 4.69) is 29.4 Å². The van der Waals surface area contributed by atoms with Crippen LogP contribution >= 0.6 is 15.9 Å². The molecular weight excluding hydrogens is 492 g/mol. The third-order valence-corrected chi connectivity index (χ3v) is 7.93. The van der Waals surface area contributed by atoms with Gasteiger partial charge in [0.25, 0.3) is 0 Å². The summed E-state index contributed by atoms with van der Waals surface area (Å²) >= 11 is 3.65. The number of alkyl halides is 1. The molecule has 3 aliphatic heterocycles. The maximum absolute atomic E-state index is 14.0. The maximum Gasteiger partial charge on any atom is 0.312 e. The molecule has 2 bridgehead atoms. The van der Waals surface area contributed by atoms with Crippen molar-refractivity contribution < 1.29 is 29.0 Å². The first-order valence-corrected chi connectivity index (χ1v) is 13.1. The summed E-state index contributed by atoms with van der Waals surface area (Å²) in [6, 6.07) is -0.806. The molecule has 0 aromatic heterocycles. The van der Waals surface area contributed by atoms with E-state index in [-0.39, 0.29) is 29.9 Å². The molecule has 33 heavy (non-hydrogen) atoms. The van der Waals surface area contributed by atoms with Crippen LogP contribution in [0.15, 0.2) is 12.7 Å². The van der Waals surface area contributed by atoms with Crippen LogP contribution in [-0.4, -0.2) is 88.1 Å². The van der Waals surface area contributed by atoms with Gasteiger partial charge in [0.05, 0.1) is 24.5 Å². The van der Waals surface area contributed by atoms with Gasteiger partial charge < -0.3 is 24.4 Å². The molecule has 0 aromatic carbocycles. The standard InChI is InChI=1S/C24H37BrN2O6/c1-4-7-8-12-26(11-5-2)22(30)20-24-15-16(25)19(33-24)17(23(31)32-6-3)18(24)21(29)27(20)13-9-10-14-28/h5,16-20,28H,2,4,6-15H2,1,3H3/t16?,17-,18+,19-,20-,24+/m1/s1. The Morgan fingerprint density at radius 1 is 1.33 bits per heavy atom. The van der Waals surface area contributed by atoms with Crippen molar-refractivity contribution in [1.29, 1.82) is 0 Å². The molecule has 3 saturated heterocycles. The molecule has 186 valence electrons. The number of hydrogen-bond acceptors (Lipinski definition) is 6. The van der Waals surface area contributed by atoms with E-state index < -0.39 is 35.6 Å². The van der Waals surface area contributed by atoms with Gasteiger partial charge in [0.15, 0.2) is 0 Å². The zero-order chi connectivity index (χ0) is 24.2. The fourth-order valence-corrected chi connectivity index (χ4v) is 6.67. The number of unbranched alkanes of at least 4 members (excludes halogenated alkanes) is 3. The number of hydrogen-bond donors (Lipinski definition) is 1. The van der Waals surface area contributed by atoms with E-state index in [1.807, 2.05) is 0 Å². The lowest BCUT2D eigenvalue weighted by Gasteiger charge is -2.37. The number of ether oxygens (including phenoxy) is 2. The van der Waals surface area contributed by atoms with E-state index in [9.17, 15) is 19.5 Å². The van der Waals surface area contributed by atoms with Crippen LogP contribution in [-0.2, 0) is 23.9 Å². The molecule has 1 N–H and O–H groups in total. The monoisotopic (exact) mass is 528 g/mol. The van der Waals surface area contributed by atoms with Crippen LogP contribution in [0.1, 0.15) is 52.4 Å². The fraction of sp³-hybridized carbons (Fsp3) is 0.792. The van der Waals surface area contributed by atoms with E-state index in [1.165, 1.54) is 0 Å². The van der Waals surface area contributed by atoms with Gasteiger partial charge in [0.1, 0.15) is 11.6 Å². The predicted octanol–water partition coefficient (Wildman–Crippen LogP) is 2.27. The average molecular weight is 529 g/mol. The van der Waals surface area contributed by atoms with Gasteiger partial charge in [-0.2, -0.15) is 0 Å². The largest absolute Gasteiger partial charge is 0.466 e. The van der Waals surface area contributed by atoms with E-state index in [0.717, 1.165) is 19.3 Å². The number of aliphatic hydroxyl groups is 1. The van der Waals surface area contributed by atoms with Crippen molar-refractivity contribution in [1.82, 2.24) is 9.80 Å². The molecule has 9 heteroatoms. The molecule has 3 aliphatic rings. The third-order valence-electron chi connectivity index (χ3n) is 7.08. The Kier molecular flexibility index (Phi) is 8.97. The summed E-state index contributed by atoms with van der Waals surface area (Å²) in [6.45, 7) is 9.20. The first-order chi connectivity index (χ1) is 15.9. The first kappa shape index (κ1) is 26.2. The second-order valence-electron chi connectivity index (χ2n) is 9.16. The van der Waals surface area contributed by atoms with Crippen LogP contribution in [0.25, 0.3) is 0 Å². The van der Waals surface area contributed by atoms with Gasteiger partial charge in [-0.1, -0.05) is 41.8 Å². The van der Waals surface area contributed by atoms with E-state index in [4.69, 9.17) is 9.47 Å². The SMILES string of the molecule is C=CCN(CCCCC)C(=O)[C@H]1N(CCCCO)C(=O)[C@@H]2[C@@H](C(=O)OCC)[C@@H]3O[C@@]21CC3Br. The second kappa shape index (κ2) is 11.3. The number of amides is 2. The summed E-state index contributed by atoms with van der Waals surface area (Å²) in [5.74, 6) is -2.29. The van der Waals surface area contributed by atoms with E-state index >= 15 is 0 Å². The molecule has 8 nitrogen and oxygen atoms in total. The minimum absolute atomic E-state index is 0.0162. The molecule has 0 aromatic rings. The number of carbonyl (C=O) groups is 3. The summed E-state index contributed by atoms with van der Waals surface area (Å²) in [5.41, 5.74) is -1.06. The van der Waals surface area contributed by atoms with Crippen molar-refractivity contribution in [3.05, 3.63) is 12.7 Å². The van der Waals surface area contributed by atoms with Crippen molar-refractivity contribution in [2.24, 2.45) is 11.8 Å². The van der Waals surface area contributed by atoms with Crippen molar-refractivity contribution >= 4 is 33.7 Å². The fourth-order valence-electron chi connectivity index (χ4n) is 5.72. The van der Waals surface area contributed by atoms with E-state index in [0.29, 0.717) is 38.9 Å². The van der Waals surface area contributed by atoms with Gasteiger partial charge in [-0.3, -0.25) is 14.4 Å². The quantitative estimate of drug-likeness (QED) is 0.170. The molecular formula is C24H37BrN2O6. The summed E-state index contributed by atoms with van der Waals surface area (Å²) in [4.78, 5) is 43.8. The Hall–Kier alpha value is -1.45. The number of carbonyl (C=O) groups excluding carboxylic acids is 3. The lowest BCUT2D eigenvalue weighted by Crippen LogP contribution is -2.57. The maximum atomic E-state index is 14.0. The van der Waals surface area contributed by atoms with Gasteiger partial charge in [-0.25, -0.2) is 0 Å². The van der Waals surface area contributed by atoms with Gasteiger partial charge in [-0.15, -0.1) is 6.58 Å². The highest BCUT2D eigenvalue weighted by Crippen LogP contribution is 2.60. The number of rotatable bonds is 13. The molecule has 0 saturated carbocycles. The van der Waals surface area contributed by atoms with Crippen LogP contribution in [0.2, 0.25) is 0 Å². The second-order valence-corrected chi connectivity index (χ2v) is 10.3. The van der Waals surface area contributed by atoms with Gasteiger partial charge in [0.2, 0.25) is 11.8 Å². The lowest BCUT2D eigenvalue weighted by atomic mass is 9.70. The summed E-state index contributed by atoms with van der Waals surface area (Å²) < 4.78 is 11.7. The number of fused-ring (bicyclic) bond motifs is 1. The zero-order valence-electron chi connectivity index (χ0n) is 19.7. The minimum Gasteiger partial charge on any atom is -0.466 e. The van der Waals surface area contributed by atoms with Gasteiger partial charge in [-0.05, 0) is 32.6 Å². The molecule has 2 amide bonds. The first-order valence-electron chi connectivity index (χ1n) is 12.2. The molecule has 3 rings (SSSR count). The molecule has 3 heterocycles. The Labute approximate surface area is 204 Å². The number of nitrogens with zero attached hydrogens (tertiary/aromatic N) is 2. The smallest absolute Gasteiger partial charge is 0.312 e. The van der Waals surface area contributed by atoms with E-state index in [1.54, 1.807) is 22.8 Å². The van der Waals surface area contributed by atoms with Crippen LogP contribution in [0.3, 0.4) is 0 Å². The van der Waals surface area contributed by atoms with Crippen molar-refractivity contribution in [2.45, 2.75) is 74.9 Å². The minimum atomic E-state index is -1.06. The highest BCUT2D eigenvalue weighted by Gasteiger charge is 2.76. The molecule has 1 spiro atoms. The summed E-state index contributed by atoms with van der Waals surface area (Å²) in [5, 5.41) is 9.25. The Balaban J connectivity index is 1.98. The normalized spacial score (nSPS) is 32.2. The van der Waals surface area contributed by atoms with Crippen molar-refractivity contribution in [3.8, 4) is 0 Å². The summed E-state index contributed by atoms with van der Waals surface area (Å²) in [6.07, 6.45) is 5.69. The van der Waals surface area contributed by atoms with Gasteiger partial charge in [0, 0.05) is 31.1 Å². The predicted molar refractivity (Wildman–Crippen MR) is 127 cm³/mol. The number of esters is 1. The number of likely N-dealkylation sites (tertiary alicyclic amines) is 1. The number of aliphatic hydroxyl groups excluding tert-OH is 1. The lowest BCUT2D eigenvalue weighted by molar-refractivity contribution is -0.154. The van der Waals surface area contributed by atoms with Crippen LogP contribution in [0.5, 0.6) is 0 Å². The van der Waals surface area contributed by atoms with Crippen LogP contribution in [0.4, 0.5) is 0 Å². The highest BCUT2D eigenvalue weighted by atomic mass is 79.9.